The van der Waals surface area contributed by atoms with Crippen LogP contribution in [0, 0.1) is 15.9 Å². The lowest BCUT2D eigenvalue weighted by Crippen LogP contribution is -2.05. The van der Waals surface area contributed by atoms with Crippen LogP contribution < -0.4 is 4.74 Å². The van der Waals surface area contributed by atoms with Crippen molar-refractivity contribution in [2.75, 3.05) is 13.7 Å². The fraction of sp³-hybridized carbons (Fsp3) is 0.333. The van der Waals surface area contributed by atoms with E-state index in [4.69, 9.17) is 4.74 Å². The number of hydrogen-bond donors (Lipinski definition) is 0. The largest absolute Gasteiger partial charge is 0.493 e. The van der Waals surface area contributed by atoms with Gasteiger partial charge >= 0.3 is 0 Å². The highest BCUT2D eigenvalue weighted by Gasteiger charge is 2.10. The summed E-state index contributed by atoms with van der Waals surface area (Å²) in [7, 11) is 1.34. The van der Waals surface area contributed by atoms with E-state index >= 15 is 0 Å². The number of halogens is 1. The van der Waals surface area contributed by atoms with Crippen molar-refractivity contribution in [1.82, 2.24) is 0 Å². The summed E-state index contributed by atoms with van der Waals surface area (Å²) in [5, 5.41) is 10.1. The molecule has 1 rings (SSSR count). The fourth-order valence-electron chi connectivity index (χ4n) is 1.19. The van der Waals surface area contributed by atoms with Crippen LogP contribution in [-0.2, 0) is 6.42 Å². The SMILES string of the molecule is COc1c(F)cccc1CC[N+](=O)[O-]. The molecule has 0 radical (unpaired) electrons. The molecular formula is C9H10FNO3. The molecule has 4 nitrogen and oxygen atoms in total. The summed E-state index contributed by atoms with van der Waals surface area (Å²) in [5.41, 5.74) is 0.518. The molecule has 0 aliphatic heterocycles. The lowest BCUT2D eigenvalue weighted by Gasteiger charge is -2.06. The molecular weight excluding hydrogens is 189 g/mol. The average Bonchev–Trinajstić information content (AvgIpc) is 2.14. The lowest BCUT2D eigenvalue weighted by atomic mass is 10.1. The van der Waals surface area contributed by atoms with Gasteiger partial charge < -0.3 is 4.74 Å². The van der Waals surface area contributed by atoms with Crippen molar-refractivity contribution >= 4 is 0 Å². The van der Waals surface area contributed by atoms with Crippen LogP contribution in [0.15, 0.2) is 18.2 Å². The van der Waals surface area contributed by atoms with Crippen LogP contribution in [0.25, 0.3) is 0 Å². The van der Waals surface area contributed by atoms with Gasteiger partial charge in [-0.1, -0.05) is 12.1 Å². The Balaban J connectivity index is 2.85. The monoisotopic (exact) mass is 199 g/mol. The summed E-state index contributed by atoms with van der Waals surface area (Å²) in [5.74, 6) is -0.400. The topological polar surface area (TPSA) is 52.4 Å². The van der Waals surface area contributed by atoms with E-state index in [0.29, 0.717) is 5.56 Å². The molecule has 0 unspecified atom stereocenters. The molecule has 5 heteroatoms. The molecule has 0 N–H and O–H groups in total. The van der Waals surface area contributed by atoms with Crippen LogP contribution in [0.3, 0.4) is 0 Å². The van der Waals surface area contributed by atoms with E-state index in [1.54, 1.807) is 6.07 Å². The molecule has 0 spiro atoms. The maximum Gasteiger partial charge on any atom is 0.208 e. The van der Waals surface area contributed by atoms with Gasteiger partial charge in [0, 0.05) is 16.9 Å². The third-order valence-electron chi connectivity index (χ3n) is 1.82. The van der Waals surface area contributed by atoms with Crippen molar-refractivity contribution in [3.63, 3.8) is 0 Å². The van der Waals surface area contributed by atoms with Crippen LogP contribution in [0.5, 0.6) is 5.75 Å². The van der Waals surface area contributed by atoms with Gasteiger partial charge in [0.05, 0.1) is 7.11 Å². The summed E-state index contributed by atoms with van der Waals surface area (Å²) in [4.78, 5) is 9.69. The summed E-state index contributed by atoms with van der Waals surface area (Å²) in [6.45, 7) is -0.222. The van der Waals surface area contributed by atoms with Gasteiger partial charge in [-0.3, -0.25) is 10.1 Å². The van der Waals surface area contributed by atoms with Crippen LogP contribution in [0.2, 0.25) is 0 Å². The Morgan fingerprint density at radius 1 is 1.57 bits per heavy atom. The average molecular weight is 199 g/mol. The number of para-hydroxylation sites is 1. The Kier molecular flexibility index (Phi) is 3.39. The van der Waals surface area contributed by atoms with Crippen molar-refractivity contribution in [2.24, 2.45) is 0 Å². The number of ether oxygens (including phenoxy) is 1. The molecule has 0 aromatic heterocycles. The molecule has 0 amide bonds. The second-order valence-electron chi connectivity index (χ2n) is 2.74. The first-order chi connectivity index (χ1) is 6.65. The van der Waals surface area contributed by atoms with E-state index in [-0.39, 0.29) is 18.7 Å². The second-order valence-corrected chi connectivity index (χ2v) is 2.74. The van der Waals surface area contributed by atoms with Gasteiger partial charge in [0.25, 0.3) is 0 Å². The Hall–Kier alpha value is -1.65. The predicted molar refractivity (Wildman–Crippen MR) is 48.5 cm³/mol. The third-order valence-corrected chi connectivity index (χ3v) is 1.82. The first kappa shape index (κ1) is 10.4. The first-order valence-corrected chi connectivity index (χ1v) is 4.08. The van der Waals surface area contributed by atoms with E-state index in [9.17, 15) is 14.5 Å². The molecule has 1 aromatic carbocycles. The summed E-state index contributed by atoms with van der Waals surface area (Å²) < 4.78 is 17.9. The molecule has 1 aromatic rings. The van der Waals surface area contributed by atoms with Gasteiger partial charge in [-0.2, -0.15) is 0 Å². The van der Waals surface area contributed by atoms with Gasteiger partial charge in [-0.15, -0.1) is 0 Å². The number of benzene rings is 1. The van der Waals surface area contributed by atoms with Gasteiger partial charge in [0.2, 0.25) is 6.54 Å². The number of nitrogens with zero attached hydrogens (tertiary/aromatic N) is 1. The third kappa shape index (κ3) is 2.42. The van der Waals surface area contributed by atoms with E-state index in [1.807, 2.05) is 0 Å². The van der Waals surface area contributed by atoms with Crippen molar-refractivity contribution in [3.8, 4) is 5.75 Å². The minimum absolute atomic E-state index is 0.0920. The normalized spacial score (nSPS) is 9.86. The maximum atomic E-state index is 13.1. The van der Waals surface area contributed by atoms with Crippen LogP contribution in [0.4, 0.5) is 4.39 Å². The standard InChI is InChI=1S/C9H10FNO3/c1-14-9-7(5-6-11(12)13)3-2-4-8(9)10/h2-4H,5-6H2,1H3. The molecule has 0 saturated heterocycles. The molecule has 0 heterocycles. The van der Waals surface area contributed by atoms with Crippen LogP contribution in [-0.4, -0.2) is 18.6 Å². The lowest BCUT2D eigenvalue weighted by molar-refractivity contribution is -0.479. The molecule has 76 valence electrons. The smallest absolute Gasteiger partial charge is 0.208 e. The van der Waals surface area contributed by atoms with Crippen molar-refractivity contribution in [2.45, 2.75) is 6.42 Å². The second kappa shape index (κ2) is 4.55. The van der Waals surface area contributed by atoms with E-state index in [1.165, 1.54) is 19.2 Å². The molecule has 14 heavy (non-hydrogen) atoms. The Morgan fingerprint density at radius 3 is 2.86 bits per heavy atom. The quantitative estimate of drug-likeness (QED) is 0.547. The highest BCUT2D eigenvalue weighted by molar-refractivity contribution is 5.34. The summed E-state index contributed by atoms with van der Waals surface area (Å²) in [6.07, 6.45) is 0.175. The number of methoxy groups -OCH3 is 1. The molecule has 0 saturated carbocycles. The first-order valence-electron chi connectivity index (χ1n) is 4.08. The van der Waals surface area contributed by atoms with E-state index in [2.05, 4.69) is 0 Å². The van der Waals surface area contributed by atoms with Gasteiger partial charge in [-0.05, 0) is 6.07 Å². The van der Waals surface area contributed by atoms with Crippen molar-refractivity contribution in [3.05, 3.63) is 39.7 Å². The molecule has 0 bridgehead atoms. The number of rotatable bonds is 4. The zero-order valence-electron chi connectivity index (χ0n) is 7.70. The molecule has 0 aliphatic carbocycles. The fourth-order valence-corrected chi connectivity index (χ4v) is 1.19. The predicted octanol–water partition coefficient (Wildman–Crippen LogP) is 1.65. The number of nitro groups is 1. The molecule has 0 aliphatic rings. The molecule has 0 fully saturated rings. The number of hydrogen-bond acceptors (Lipinski definition) is 3. The maximum absolute atomic E-state index is 13.1. The Bertz CT molecular complexity index is 341. The minimum atomic E-state index is -0.492. The highest BCUT2D eigenvalue weighted by Crippen LogP contribution is 2.22. The van der Waals surface area contributed by atoms with Gasteiger partial charge in [-0.25, -0.2) is 4.39 Å². The molecule has 0 atom stereocenters. The zero-order chi connectivity index (χ0) is 10.6. The Morgan fingerprint density at radius 2 is 2.29 bits per heavy atom. The highest BCUT2D eigenvalue weighted by atomic mass is 19.1. The van der Waals surface area contributed by atoms with Crippen molar-refractivity contribution in [1.29, 1.82) is 0 Å². The Labute approximate surface area is 80.5 Å². The van der Waals surface area contributed by atoms with Crippen molar-refractivity contribution < 1.29 is 14.1 Å². The van der Waals surface area contributed by atoms with E-state index < -0.39 is 10.7 Å². The summed E-state index contributed by atoms with van der Waals surface area (Å²) in [6, 6.07) is 4.38. The minimum Gasteiger partial charge on any atom is -0.493 e. The van der Waals surface area contributed by atoms with Crippen LogP contribution >= 0.6 is 0 Å². The zero-order valence-corrected chi connectivity index (χ0v) is 7.70. The summed E-state index contributed by atoms with van der Waals surface area (Å²) >= 11 is 0. The van der Waals surface area contributed by atoms with Gasteiger partial charge in [0.15, 0.2) is 11.6 Å². The van der Waals surface area contributed by atoms with E-state index in [0.717, 1.165) is 0 Å². The van der Waals surface area contributed by atoms with Crippen LogP contribution in [0.1, 0.15) is 5.56 Å². The van der Waals surface area contributed by atoms with Gasteiger partial charge in [0.1, 0.15) is 0 Å².